The van der Waals surface area contributed by atoms with Crippen molar-refractivity contribution < 1.29 is 18.0 Å². The van der Waals surface area contributed by atoms with Gasteiger partial charge in [-0.1, -0.05) is 19.9 Å². The standard InChI is InChI=1S/C23H21F3N8O/c1-13(2)21-31-32-33-34(21)18-7-15(19-5-4-14(3)9-28-19)6-16(8-18)22(35)30-11-17-10-29-20(12-27-17)23(24,25)26/h4-10,12-13H,11H2,1-3H3,(H,30,35). The molecule has 3 aromatic heterocycles. The zero-order valence-corrected chi connectivity index (χ0v) is 19.1. The minimum atomic E-state index is -4.58. The molecule has 1 aromatic carbocycles. The van der Waals surface area contributed by atoms with Gasteiger partial charge in [0.15, 0.2) is 11.5 Å². The number of alkyl halides is 3. The lowest BCUT2D eigenvalue weighted by molar-refractivity contribution is -0.141. The lowest BCUT2D eigenvalue weighted by Crippen LogP contribution is -2.24. The molecule has 3 heterocycles. The summed E-state index contributed by atoms with van der Waals surface area (Å²) >= 11 is 0. The van der Waals surface area contributed by atoms with E-state index in [4.69, 9.17) is 0 Å². The number of pyridine rings is 1. The second-order valence-corrected chi connectivity index (χ2v) is 8.17. The van der Waals surface area contributed by atoms with Crippen LogP contribution in [0.4, 0.5) is 13.2 Å². The number of hydrogen-bond acceptors (Lipinski definition) is 7. The van der Waals surface area contributed by atoms with E-state index in [2.05, 4.69) is 35.8 Å². The fourth-order valence-corrected chi connectivity index (χ4v) is 3.25. The second-order valence-electron chi connectivity index (χ2n) is 8.17. The van der Waals surface area contributed by atoms with Gasteiger partial charge in [0.05, 0.1) is 36.0 Å². The first-order chi connectivity index (χ1) is 16.6. The molecule has 0 radical (unpaired) electrons. The Bertz CT molecular complexity index is 1330. The molecule has 35 heavy (non-hydrogen) atoms. The van der Waals surface area contributed by atoms with Crippen LogP contribution in [0.2, 0.25) is 0 Å². The van der Waals surface area contributed by atoms with E-state index in [1.807, 2.05) is 39.0 Å². The fourth-order valence-electron chi connectivity index (χ4n) is 3.25. The molecule has 0 unspecified atom stereocenters. The van der Waals surface area contributed by atoms with Crippen LogP contribution in [0.5, 0.6) is 0 Å². The number of rotatable bonds is 6. The third kappa shape index (κ3) is 5.48. The summed E-state index contributed by atoms with van der Waals surface area (Å²) in [6.45, 7) is 5.72. The summed E-state index contributed by atoms with van der Waals surface area (Å²) in [5.74, 6) is 0.188. The predicted octanol–water partition coefficient (Wildman–Crippen LogP) is 3.89. The Morgan fingerprint density at radius 3 is 2.49 bits per heavy atom. The van der Waals surface area contributed by atoms with Crippen LogP contribution in [0.25, 0.3) is 16.9 Å². The van der Waals surface area contributed by atoms with Gasteiger partial charge in [-0.05, 0) is 47.2 Å². The van der Waals surface area contributed by atoms with E-state index in [-0.39, 0.29) is 18.2 Å². The minimum Gasteiger partial charge on any atom is -0.346 e. The van der Waals surface area contributed by atoms with Gasteiger partial charge < -0.3 is 5.32 Å². The van der Waals surface area contributed by atoms with Gasteiger partial charge in [0.2, 0.25) is 0 Å². The average molecular weight is 482 g/mol. The second kappa shape index (κ2) is 9.57. The number of hydrogen-bond donors (Lipinski definition) is 1. The maximum atomic E-state index is 13.0. The third-order valence-corrected chi connectivity index (χ3v) is 5.07. The molecule has 180 valence electrons. The largest absolute Gasteiger partial charge is 0.434 e. The van der Waals surface area contributed by atoms with Crippen LogP contribution in [0.1, 0.15) is 52.9 Å². The average Bonchev–Trinajstić information content (AvgIpc) is 3.33. The van der Waals surface area contributed by atoms with E-state index in [1.165, 1.54) is 0 Å². The Balaban J connectivity index is 1.65. The molecule has 4 aromatic rings. The van der Waals surface area contributed by atoms with E-state index in [0.29, 0.717) is 34.5 Å². The van der Waals surface area contributed by atoms with Crippen LogP contribution in [0.3, 0.4) is 0 Å². The van der Waals surface area contributed by atoms with Crippen LogP contribution in [-0.2, 0) is 12.7 Å². The van der Waals surface area contributed by atoms with Gasteiger partial charge in [-0.3, -0.25) is 14.8 Å². The molecule has 0 atom stereocenters. The molecule has 0 aliphatic carbocycles. The normalized spacial score (nSPS) is 11.6. The first-order valence-electron chi connectivity index (χ1n) is 10.6. The summed E-state index contributed by atoms with van der Waals surface area (Å²) in [7, 11) is 0. The molecule has 0 bridgehead atoms. The molecular weight excluding hydrogens is 461 g/mol. The van der Waals surface area contributed by atoms with Crippen molar-refractivity contribution in [1.82, 2.24) is 40.5 Å². The Kier molecular flexibility index (Phi) is 6.54. The molecule has 1 amide bonds. The van der Waals surface area contributed by atoms with Gasteiger partial charge in [0.25, 0.3) is 5.91 Å². The lowest BCUT2D eigenvalue weighted by Gasteiger charge is -2.12. The third-order valence-electron chi connectivity index (χ3n) is 5.07. The first-order valence-corrected chi connectivity index (χ1v) is 10.6. The Morgan fingerprint density at radius 2 is 1.86 bits per heavy atom. The van der Waals surface area contributed by atoms with Crippen molar-refractivity contribution in [3.05, 3.63) is 77.3 Å². The maximum Gasteiger partial charge on any atom is 0.434 e. The van der Waals surface area contributed by atoms with Crippen molar-refractivity contribution >= 4 is 5.91 Å². The van der Waals surface area contributed by atoms with Crippen molar-refractivity contribution in [3.63, 3.8) is 0 Å². The smallest absolute Gasteiger partial charge is 0.346 e. The van der Waals surface area contributed by atoms with E-state index >= 15 is 0 Å². The van der Waals surface area contributed by atoms with Crippen LogP contribution in [0, 0.1) is 6.92 Å². The molecule has 12 heteroatoms. The Morgan fingerprint density at radius 1 is 1.06 bits per heavy atom. The van der Waals surface area contributed by atoms with Crippen LogP contribution < -0.4 is 5.32 Å². The van der Waals surface area contributed by atoms with Crippen molar-refractivity contribution in [1.29, 1.82) is 0 Å². The summed E-state index contributed by atoms with van der Waals surface area (Å²) in [6, 6.07) is 8.89. The maximum absolute atomic E-state index is 13.0. The number of aromatic nitrogens is 7. The first kappa shape index (κ1) is 23.9. The van der Waals surface area contributed by atoms with Crippen molar-refractivity contribution in [2.75, 3.05) is 0 Å². The zero-order valence-electron chi connectivity index (χ0n) is 19.1. The number of carbonyl (C=O) groups is 1. The summed E-state index contributed by atoms with van der Waals surface area (Å²) in [6.07, 6.45) is -1.24. The number of tetrazole rings is 1. The summed E-state index contributed by atoms with van der Waals surface area (Å²) in [4.78, 5) is 24.5. The topological polar surface area (TPSA) is 111 Å². The van der Waals surface area contributed by atoms with E-state index in [0.717, 1.165) is 11.8 Å². The minimum absolute atomic E-state index is 0.0293. The summed E-state index contributed by atoms with van der Waals surface area (Å²) in [5, 5.41) is 14.6. The quantitative estimate of drug-likeness (QED) is 0.444. The lowest BCUT2D eigenvalue weighted by atomic mass is 10.0. The van der Waals surface area contributed by atoms with Gasteiger partial charge in [-0.15, -0.1) is 5.10 Å². The fraction of sp³-hybridized carbons (Fsp3) is 0.261. The number of nitrogens with zero attached hydrogens (tertiary/aromatic N) is 7. The van der Waals surface area contributed by atoms with Gasteiger partial charge >= 0.3 is 6.18 Å². The van der Waals surface area contributed by atoms with Crippen LogP contribution in [0.15, 0.2) is 48.9 Å². The number of nitrogens with one attached hydrogen (secondary N) is 1. The molecule has 0 fully saturated rings. The van der Waals surface area contributed by atoms with E-state index in [1.54, 1.807) is 23.0 Å². The highest BCUT2D eigenvalue weighted by Gasteiger charge is 2.32. The highest BCUT2D eigenvalue weighted by atomic mass is 19.4. The highest BCUT2D eigenvalue weighted by Crippen LogP contribution is 2.27. The number of halogens is 3. The van der Waals surface area contributed by atoms with Crippen LogP contribution in [-0.4, -0.2) is 41.1 Å². The number of amides is 1. The number of aryl methyl sites for hydroxylation is 1. The molecule has 4 rings (SSSR count). The molecule has 0 spiro atoms. The van der Waals surface area contributed by atoms with Crippen molar-refractivity contribution in [2.24, 2.45) is 0 Å². The molecule has 9 nitrogen and oxygen atoms in total. The molecule has 0 saturated carbocycles. The summed E-state index contributed by atoms with van der Waals surface area (Å²) < 4.78 is 39.6. The van der Waals surface area contributed by atoms with Crippen molar-refractivity contribution in [2.45, 2.75) is 39.4 Å². The van der Waals surface area contributed by atoms with E-state index < -0.39 is 17.8 Å². The zero-order chi connectivity index (χ0) is 25.2. The van der Waals surface area contributed by atoms with Gasteiger partial charge in [0.1, 0.15) is 0 Å². The highest BCUT2D eigenvalue weighted by molar-refractivity contribution is 5.96. The van der Waals surface area contributed by atoms with Crippen molar-refractivity contribution in [3.8, 4) is 16.9 Å². The molecule has 0 aliphatic rings. The molecule has 0 aliphatic heterocycles. The molecule has 1 N–H and O–H groups in total. The number of carbonyl (C=O) groups excluding carboxylic acids is 1. The number of benzene rings is 1. The SMILES string of the molecule is Cc1ccc(-c2cc(C(=O)NCc3cnc(C(F)(F)F)cn3)cc(-n3nnnc3C(C)C)c2)nc1. The predicted molar refractivity (Wildman–Crippen MR) is 119 cm³/mol. The molecular formula is C23H21F3N8O. The van der Waals surface area contributed by atoms with Gasteiger partial charge in [0, 0.05) is 23.2 Å². The van der Waals surface area contributed by atoms with Crippen LogP contribution >= 0.6 is 0 Å². The Hall–Kier alpha value is -4.22. The molecule has 0 saturated heterocycles. The Labute approximate surface area is 198 Å². The van der Waals surface area contributed by atoms with Gasteiger partial charge in [-0.2, -0.15) is 17.9 Å². The summed E-state index contributed by atoms with van der Waals surface area (Å²) in [5.41, 5.74) is 2.26. The monoisotopic (exact) mass is 482 g/mol. The van der Waals surface area contributed by atoms with Gasteiger partial charge in [-0.25, -0.2) is 4.98 Å². The van der Waals surface area contributed by atoms with E-state index in [9.17, 15) is 18.0 Å².